The third-order valence-corrected chi connectivity index (χ3v) is 4.25. The molecule has 4 rings (SSSR count). The van der Waals surface area contributed by atoms with Crippen LogP contribution < -0.4 is 0 Å². The summed E-state index contributed by atoms with van der Waals surface area (Å²) in [6.07, 6.45) is 6.66. The van der Waals surface area contributed by atoms with Gasteiger partial charge in [0.25, 0.3) is 5.91 Å². The van der Waals surface area contributed by atoms with E-state index in [1.165, 1.54) is 6.33 Å². The summed E-state index contributed by atoms with van der Waals surface area (Å²) in [5.74, 6) is -0.0782. The number of benzene rings is 2. The molecule has 0 bridgehead atoms. The van der Waals surface area contributed by atoms with E-state index in [4.69, 9.17) is 0 Å². The lowest BCUT2D eigenvalue weighted by molar-refractivity contribution is 0.0785. The first kappa shape index (κ1) is 16.7. The Kier molecular flexibility index (Phi) is 4.49. The van der Waals surface area contributed by atoms with E-state index < -0.39 is 0 Å². The Morgan fingerprint density at radius 2 is 1.93 bits per heavy atom. The molecule has 0 saturated carbocycles. The predicted octanol–water partition coefficient (Wildman–Crippen LogP) is 2.73. The van der Waals surface area contributed by atoms with Crippen LogP contribution in [-0.2, 0) is 6.54 Å². The van der Waals surface area contributed by atoms with Crippen molar-refractivity contribution in [3.63, 3.8) is 0 Å². The van der Waals surface area contributed by atoms with Crippen LogP contribution >= 0.6 is 0 Å². The topological polar surface area (TPSA) is 68.8 Å². The largest absolute Gasteiger partial charge is 0.337 e. The average Bonchev–Trinajstić information content (AvgIpc) is 3.41. The highest BCUT2D eigenvalue weighted by molar-refractivity contribution is 5.97. The zero-order valence-corrected chi connectivity index (χ0v) is 14.8. The smallest absolute Gasteiger partial charge is 0.256 e. The Bertz CT molecular complexity index is 1040. The fourth-order valence-corrected chi connectivity index (χ4v) is 2.96. The van der Waals surface area contributed by atoms with Gasteiger partial charge in [0.2, 0.25) is 0 Å². The summed E-state index contributed by atoms with van der Waals surface area (Å²) in [7, 11) is 1.79. The maximum atomic E-state index is 13.0. The molecule has 0 atom stereocenters. The molecule has 0 aliphatic heterocycles. The van der Waals surface area contributed by atoms with Crippen molar-refractivity contribution in [1.82, 2.24) is 29.4 Å². The third-order valence-electron chi connectivity index (χ3n) is 4.25. The predicted molar refractivity (Wildman–Crippen MR) is 101 cm³/mol. The van der Waals surface area contributed by atoms with Crippen LogP contribution in [0.4, 0.5) is 0 Å². The molecule has 0 spiro atoms. The first-order chi connectivity index (χ1) is 13.2. The lowest BCUT2D eigenvalue weighted by atomic mass is 10.1. The normalized spacial score (nSPS) is 10.7. The van der Waals surface area contributed by atoms with Gasteiger partial charge in [-0.15, -0.1) is 0 Å². The summed E-state index contributed by atoms with van der Waals surface area (Å²) in [5, 5.41) is 8.39. The molecule has 0 aliphatic rings. The second kappa shape index (κ2) is 7.25. The van der Waals surface area contributed by atoms with E-state index in [0.717, 1.165) is 11.3 Å². The fraction of sp³-hybridized carbons (Fsp3) is 0.100. The quantitative estimate of drug-likeness (QED) is 0.550. The van der Waals surface area contributed by atoms with Gasteiger partial charge in [0.15, 0.2) is 0 Å². The maximum Gasteiger partial charge on any atom is 0.256 e. The number of hydrogen-bond donors (Lipinski definition) is 0. The molecular formula is C20H18N6O. The van der Waals surface area contributed by atoms with E-state index in [0.29, 0.717) is 17.8 Å². The fourth-order valence-electron chi connectivity index (χ4n) is 2.96. The van der Waals surface area contributed by atoms with Crippen LogP contribution in [0.3, 0.4) is 0 Å². The average molecular weight is 358 g/mol. The Morgan fingerprint density at radius 3 is 2.70 bits per heavy atom. The summed E-state index contributed by atoms with van der Waals surface area (Å²) in [6.45, 7) is 0.486. The maximum absolute atomic E-state index is 13.0. The first-order valence-electron chi connectivity index (χ1n) is 8.51. The molecule has 0 fully saturated rings. The Morgan fingerprint density at radius 1 is 1.04 bits per heavy atom. The molecule has 27 heavy (non-hydrogen) atoms. The van der Waals surface area contributed by atoms with E-state index in [1.807, 2.05) is 54.7 Å². The summed E-state index contributed by atoms with van der Waals surface area (Å²) in [5.41, 5.74) is 3.27. The molecule has 7 heteroatoms. The summed E-state index contributed by atoms with van der Waals surface area (Å²) in [4.78, 5) is 18.7. The minimum atomic E-state index is -0.0782. The van der Waals surface area contributed by atoms with Crippen molar-refractivity contribution in [3.8, 4) is 11.4 Å². The van der Waals surface area contributed by atoms with Crippen molar-refractivity contribution in [1.29, 1.82) is 0 Å². The van der Waals surface area contributed by atoms with Crippen molar-refractivity contribution in [2.75, 3.05) is 7.05 Å². The lowest BCUT2D eigenvalue weighted by Crippen LogP contribution is -2.27. The van der Waals surface area contributed by atoms with Crippen LogP contribution in [0.2, 0.25) is 0 Å². The van der Waals surface area contributed by atoms with Gasteiger partial charge in [-0.1, -0.05) is 24.3 Å². The molecule has 2 aromatic heterocycles. The highest BCUT2D eigenvalue weighted by Gasteiger charge is 2.17. The van der Waals surface area contributed by atoms with Crippen molar-refractivity contribution in [2.45, 2.75) is 6.54 Å². The zero-order valence-electron chi connectivity index (χ0n) is 14.8. The molecule has 134 valence electrons. The van der Waals surface area contributed by atoms with Gasteiger partial charge >= 0.3 is 0 Å². The summed E-state index contributed by atoms with van der Waals surface area (Å²) < 4.78 is 3.39. The molecule has 0 unspecified atom stereocenters. The number of hydrogen-bond acceptors (Lipinski definition) is 4. The summed E-state index contributed by atoms with van der Waals surface area (Å²) in [6, 6.07) is 17.2. The van der Waals surface area contributed by atoms with Gasteiger partial charge in [-0.2, -0.15) is 10.2 Å². The standard InChI is InChI=1S/C20H18N6O/c1-24(13-16-6-4-7-17(12-16)25-11-5-10-22-25)20(27)18-8-2-3-9-19(18)26-15-21-14-23-26/h2-12,14-15H,13H2,1H3. The van der Waals surface area contributed by atoms with Crippen molar-refractivity contribution < 1.29 is 4.79 Å². The number of carbonyl (C=O) groups is 1. The Labute approximate surface area is 156 Å². The van der Waals surface area contributed by atoms with Gasteiger partial charge in [0, 0.05) is 26.0 Å². The second-order valence-corrected chi connectivity index (χ2v) is 6.14. The molecule has 0 aliphatic carbocycles. The van der Waals surface area contributed by atoms with Crippen LogP contribution in [0.5, 0.6) is 0 Å². The lowest BCUT2D eigenvalue weighted by Gasteiger charge is -2.19. The second-order valence-electron chi connectivity index (χ2n) is 6.14. The van der Waals surface area contributed by atoms with Gasteiger partial charge < -0.3 is 4.90 Å². The number of aromatic nitrogens is 5. The first-order valence-corrected chi connectivity index (χ1v) is 8.51. The Balaban J connectivity index is 1.57. The van der Waals surface area contributed by atoms with Gasteiger partial charge in [-0.25, -0.2) is 14.3 Å². The zero-order chi connectivity index (χ0) is 18.6. The van der Waals surface area contributed by atoms with Crippen molar-refractivity contribution in [3.05, 3.63) is 90.8 Å². The van der Waals surface area contributed by atoms with Gasteiger partial charge in [-0.3, -0.25) is 4.79 Å². The highest BCUT2D eigenvalue weighted by atomic mass is 16.2. The van der Waals surface area contributed by atoms with E-state index >= 15 is 0 Å². The third kappa shape index (κ3) is 3.48. The number of para-hydroxylation sites is 1. The number of nitrogens with zero attached hydrogens (tertiary/aromatic N) is 6. The van der Waals surface area contributed by atoms with Crippen LogP contribution in [0, 0.1) is 0 Å². The monoisotopic (exact) mass is 358 g/mol. The molecule has 4 aromatic rings. The molecular weight excluding hydrogens is 340 g/mol. The van der Waals surface area contributed by atoms with E-state index in [1.54, 1.807) is 39.9 Å². The molecule has 2 aromatic carbocycles. The molecule has 1 amide bonds. The van der Waals surface area contributed by atoms with Crippen molar-refractivity contribution in [2.24, 2.45) is 0 Å². The minimum Gasteiger partial charge on any atom is -0.337 e. The number of amides is 1. The Hall–Kier alpha value is -3.74. The van der Waals surface area contributed by atoms with Gasteiger partial charge in [0.1, 0.15) is 12.7 Å². The van der Waals surface area contributed by atoms with Gasteiger partial charge in [0.05, 0.1) is 16.9 Å². The van der Waals surface area contributed by atoms with E-state index in [-0.39, 0.29) is 5.91 Å². The van der Waals surface area contributed by atoms with Crippen LogP contribution in [0.25, 0.3) is 11.4 Å². The summed E-state index contributed by atoms with van der Waals surface area (Å²) >= 11 is 0. The molecule has 0 saturated heterocycles. The number of carbonyl (C=O) groups excluding carboxylic acids is 1. The van der Waals surface area contributed by atoms with E-state index in [2.05, 4.69) is 15.2 Å². The van der Waals surface area contributed by atoms with Crippen LogP contribution in [0.1, 0.15) is 15.9 Å². The molecule has 7 nitrogen and oxygen atoms in total. The van der Waals surface area contributed by atoms with Crippen LogP contribution in [0.15, 0.2) is 79.6 Å². The van der Waals surface area contributed by atoms with Crippen LogP contribution in [-0.4, -0.2) is 42.4 Å². The highest BCUT2D eigenvalue weighted by Crippen LogP contribution is 2.17. The molecule has 0 N–H and O–H groups in total. The van der Waals surface area contributed by atoms with Crippen molar-refractivity contribution >= 4 is 5.91 Å². The minimum absolute atomic E-state index is 0.0782. The number of rotatable bonds is 5. The van der Waals surface area contributed by atoms with E-state index in [9.17, 15) is 4.79 Å². The molecule has 2 heterocycles. The molecule has 0 radical (unpaired) electrons. The SMILES string of the molecule is CN(Cc1cccc(-n2cccn2)c1)C(=O)c1ccccc1-n1cncn1. The van der Waals surface area contributed by atoms with Gasteiger partial charge in [-0.05, 0) is 35.9 Å².